The first-order chi connectivity index (χ1) is 12.3. The molecular formula is C21H20N2O3. The van der Waals surface area contributed by atoms with E-state index in [-0.39, 0.29) is 5.91 Å². The summed E-state index contributed by atoms with van der Waals surface area (Å²) in [6, 6.07) is 16.4. The largest absolute Gasteiger partial charge is 0.422 e. The standard InChI is InChI=1S/C21H20N2O3/c1-20(2,3)21(22-16-10-6-5-9-14(16)18(24)23-21)15-12-13-8-4-7-11-17(13)26-19(15)25/h4-12,22H,1-3H3,(H,23,24). The lowest BCUT2D eigenvalue weighted by Gasteiger charge is -2.48. The lowest BCUT2D eigenvalue weighted by atomic mass is 9.74. The first-order valence-electron chi connectivity index (χ1n) is 8.55. The fourth-order valence-electron chi connectivity index (χ4n) is 3.50. The molecule has 0 bridgehead atoms. The van der Waals surface area contributed by atoms with Gasteiger partial charge in [0.2, 0.25) is 0 Å². The van der Waals surface area contributed by atoms with Gasteiger partial charge < -0.3 is 15.1 Å². The molecule has 1 aliphatic heterocycles. The van der Waals surface area contributed by atoms with E-state index < -0.39 is 16.7 Å². The quantitative estimate of drug-likeness (QED) is 0.655. The molecule has 0 saturated carbocycles. The topological polar surface area (TPSA) is 71.3 Å². The Morgan fingerprint density at radius 3 is 2.38 bits per heavy atom. The zero-order valence-electron chi connectivity index (χ0n) is 14.9. The maximum absolute atomic E-state index is 12.8. The van der Waals surface area contributed by atoms with Crippen molar-refractivity contribution in [3.8, 4) is 0 Å². The van der Waals surface area contributed by atoms with Crippen LogP contribution in [0.15, 0.2) is 63.8 Å². The molecule has 1 atom stereocenters. The van der Waals surface area contributed by atoms with Crippen LogP contribution in [0.4, 0.5) is 5.69 Å². The molecule has 5 heteroatoms. The summed E-state index contributed by atoms with van der Waals surface area (Å²) in [5, 5.41) is 7.25. The average molecular weight is 348 g/mol. The number of para-hydroxylation sites is 2. The van der Waals surface area contributed by atoms with Crippen molar-refractivity contribution in [3.05, 3.63) is 76.1 Å². The van der Waals surface area contributed by atoms with Gasteiger partial charge in [-0.15, -0.1) is 0 Å². The van der Waals surface area contributed by atoms with Gasteiger partial charge in [-0.05, 0) is 24.3 Å². The van der Waals surface area contributed by atoms with Gasteiger partial charge in [-0.2, -0.15) is 0 Å². The van der Waals surface area contributed by atoms with Crippen LogP contribution in [-0.2, 0) is 5.66 Å². The lowest BCUT2D eigenvalue weighted by Crippen LogP contribution is -2.63. The molecule has 1 unspecified atom stereocenters. The molecule has 0 spiro atoms. The molecule has 26 heavy (non-hydrogen) atoms. The highest BCUT2D eigenvalue weighted by Gasteiger charge is 2.50. The van der Waals surface area contributed by atoms with Crippen LogP contribution in [0.1, 0.15) is 36.7 Å². The van der Waals surface area contributed by atoms with Crippen molar-refractivity contribution in [1.82, 2.24) is 5.32 Å². The Morgan fingerprint density at radius 2 is 1.62 bits per heavy atom. The van der Waals surface area contributed by atoms with Crippen molar-refractivity contribution in [3.63, 3.8) is 0 Å². The number of benzene rings is 2. The number of fused-ring (bicyclic) bond motifs is 2. The third kappa shape index (κ3) is 2.31. The predicted molar refractivity (Wildman–Crippen MR) is 101 cm³/mol. The summed E-state index contributed by atoms with van der Waals surface area (Å²) in [7, 11) is 0. The number of carbonyl (C=O) groups is 1. The monoisotopic (exact) mass is 348 g/mol. The molecule has 0 radical (unpaired) electrons. The van der Waals surface area contributed by atoms with E-state index >= 15 is 0 Å². The maximum Gasteiger partial charge on any atom is 0.343 e. The van der Waals surface area contributed by atoms with Crippen LogP contribution in [0, 0.1) is 5.41 Å². The van der Waals surface area contributed by atoms with Gasteiger partial charge in [0, 0.05) is 16.5 Å². The van der Waals surface area contributed by atoms with Crippen LogP contribution in [0.2, 0.25) is 0 Å². The van der Waals surface area contributed by atoms with Gasteiger partial charge in [0.05, 0.1) is 11.1 Å². The number of amides is 1. The highest BCUT2D eigenvalue weighted by Crippen LogP contribution is 2.42. The number of anilines is 1. The zero-order chi connectivity index (χ0) is 18.5. The molecule has 1 aromatic heterocycles. The smallest absolute Gasteiger partial charge is 0.343 e. The minimum Gasteiger partial charge on any atom is -0.422 e. The first kappa shape index (κ1) is 16.4. The van der Waals surface area contributed by atoms with E-state index in [2.05, 4.69) is 10.6 Å². The SMILES string of the molecule is CC(C)(C)C1(c2cc3ccccc3oc2=O)NC(=O)c2ccccc2N1. The summed E-state index contributed by atoms with van der Waals surface area (Å²) in [6.07, 6.45) is 0. The third-order valence-electron chi connectivity index (χ3n) is 4.97. The molecule has 2 N–H and O–H groups in total. The molecule has 132 valence electrons. The van der Waals surface area contributed by atoms with Gasteiger partial charge in [-0.25, -0.2) is 4.79 Å². The molecule has 2 aromatic carbocycles. The predicted octanol–water partition coefficient (Wildman–Crippen LogP) is 3.85. The summed E-state index contributed by atoms with van der Waals surface area (Å²) >= 11 is 0. The number of nitrogens with one attached hydrogen (secondary N) is 2. The molecule has 4 rings (SSSR count). The second-order valence-corrected chi connectivity index (χ2v) is 7.61. The van der Waals surface area contributed by atoms with Gasteiger partial charge in [0.1, 0.15) is 11.2 Å². The highest BCUT2D eigenvalue weighted by atomic mass is 16.4. The van der Waals surface area contributed by atoms with Crippen LogP contribution < -0.4 is 16.3 Å². The van der Waals surface area contributed by atoms with Gasteiger partial charge >= 0.3 is 5.63 Å². The van der Waals surface area contributed by atoms with Gasteiger partial charge in [-0.3, -0.25) is 4.79 Å². The van der Waals surface area contributed by atoms with E-state index in [9.17, 15) is 9.59 Å². The maximum atomic E-state index is 12.8. The molecule has 0 aliphatic carbocycles. The van der Waals surface area contributed by atoms with Gasteiger partial charge in [-0.1, -0.05) is 51.1 Å². The lowest BCUT2D eigenvalue weighted by molar-refractivity contribution is 0.0785. The minimum absolute atomic E-state index is 0.221. The Kier molecular flexibility index (Phi) is 3.44. The highest BCUT2D eigenvalue weighted by molar-refractivity contribution is 6.02. The Balaban J connectivity index is 2.00. The Morgan fingerprint density at radius 1 is 0.923 bits per heavy atom. The van der Waals surface area contributed by atoms with Gasteiger partial charge in [0.15, 0.2) is 0 Å². The van der Waals surface area contributed by atoms with E-state index in [0.717, 1.165) is 5.39 Å². The number of hydrogen-bond acceptors (Lipinski definition) is 4. The van der Waals surface area contributed by atoms with Crippen LogP contribution >= 0.6 is 0 Å². The molecule has 1 aliphatic rings. The van der Waals surface area contributed by atoms with Crippen molar-refractivity contribution in [2.75, 3.05) is 5.32 Å². The van der Waals surface area contributed by atoms with Crippen LogP contribution in [-0.4, -0.2) is 5.91 Å². The van der Waals surface area contributed by atoms with E-state index in [0.29, 0.717) is 22.4 Å². The molecule has 0 fully saturated rings. The fourth-order valence-corrected chi connectivity index (χ4v) is 3.50. The first-order valence-corrected chi connectivity index (χ1v) is 8.55. The molecule has 2 heterocycles. The summed E-state index contributed by atoms with van der Waals surface area (Å²) in [5.74, 6) is -0.221. The summed E-state index contributed by atoms with van der Waals surface area (Å²) in [5.41, 5.74) is 0.0811. The third-order valence-corrected chi connectivity index (χ3v) is 4.97. The van der Waals surface area contributed by atoms with Crippen LogP contribution in [0.25, 0.3) is 11.0 Å². The van der Waals surface area contributed by atoms with Crippen molar-refractivity contribution < 1.29 is 9.21 Å². The average Bonchev–Trinajstić information content (AvgIpc) is 2.60. The number of hydrogen-bond donors (Lipinski definition) is 2. The van der Waals surface area contributed by atoms with Gasteiger partial charge in [0.25, 0.3) is 5.91 Å². The second-order valence-electron chi connectivity index (χ2n) is 7.61. The molecule has 3 aromatic rings. The molecular weight excluding hydrogens is 328 g/mol. The Bertz CT molecular complexity index is 1080. The van der Waals surface area contributed by atoms with Crippen LogP contribution in [0.3, 0.4) is 0 Å². The zero-order valence-corrected chi connectivity index (χ0v) is 14.9. The van der Waals surface area contributed by atoms with E-state index in [1.807, 2.05) is 57.2 Å². The van der Waals surface area contributed by atoms with E-state index in [4.69, 9.17) is 4.42 Å². The van der Waals surface area contributed by atoms with E-state index in [1.165, 1.54) is 0 Å². The number of rotatable bonds is 1. The minimum atomic E-state index is -1.09. The van der Waals surface area contributed by atoms with Crippen molar-refractivity contribution in [2.45, 2.75) is 26.4 Å². The Labute approximate surface area is 151 Å². The van der Waals surface area contributed by atoms with Crippen LogP contribution in [0.5, 0.6) is 0 Å². The Hall–Kier alpha value is -3.08. The number of carbonyl (C=O) groups excluding carboxylic acids is 1. The summed E-state index contributed by atoms with van der Waals surface area (Å²) in [4.78, 5) is 25.7. The van der Waals surface area contributed by atoms with Crippen molar-refractivity contribution in [1.29, 1.82) is 0 Å². The fraction of sp³-hybridized carbons (Fsp3) is 0.238. The summed E-state index contributed by atoms with van der Waals surface area (Å²) < 4.78 is 5.54. The second kappa shape index (κ2) is 5.46. The van der Waals surface area contributed by atoms with E-state index in [1.54, 1.807) is 18.2 Å². The summed E-state index contributed by atoms with van der Waals surface area (Å²) in [6.45, 7) is 5.93. The normalized spacial score (nSPS) is 19.6. The molecule has 1 amide bonds. The van der Waals surface area contributed by atoms with Crippen molar-refractivity contribution in [2.24, 2.45) is 5.41 Å². The molecule has 0 saturated heterocycles. The van der Waals surface area contributed by atoms with Crippen molar-refractivity contribution >= 4 is 22.6 Å². The molecule has 5 nitrogen and oxygen atoms in total.